The third-order valence-corrected chi connectivity index (χ3v) is 5.05. The number of halogens is 1. The van der Waals surface area contributed by atoms with E-state index in [0.717, 1.165) is 64.2 Å². The van der Waals surface area contributed by atoms with E-state index in [-0.39, 0.29) is 11.4 Å². The summed E-state index contributed by atoms with van der Waals surface area (Å²) in [7, 11) is 0. The summed E-state index contributed by atoms with van der Waals surface area (Å²) in [6.07, 6.45) is 3.97. The molecule has 2 fully saturated rings. The molecule has 0 aromatic heterocycles. The molecular weight excluding hydrogens is 281 g/mol. The summed E-state index contributed by atoms with van der Waals surface area (Å²) in [4.78, 5) is 2.54. The average Bonchev–Trinajstić information content (AvgIpc) is 2.53. The molecule has 0 radical (unpaired) electrons. The van der Waals surface area contributed by atoms with Gasteiger partial charge in [-0.25, -0.2) is 4.39 Å². The summed E-state index contributed by atoms with van der Waals surface area (Å²) in [6.45, 7) is 6.70. The van der Waals surface area contributed by atoms with Gasteiger partial charge in [0, 0.05) is 45.2 Å². The van der Waals surface area contributed by atoms with E-state index in [1.807, 2.05) is 6.07 Å². The molecule has 4 heteroatoms. The second-order valence-electron chi connectivity index (χ2n) is 6.63. The molecular formula is C18H26FNO2. The predicted molar refractivity (Wildman–Crippen MR) is 84.5 cm³/mol. The van der Waals surface area contributed by atoms with Crippen LogP contribution in [0.5, 0.6) is 0 Å². The van der Waals surface area contributed by atoms with Crippen molar-refractivity contribution in [3.05, 3.63) is 35.6 Å². The number of benzene rings is 1. The Labute approximate surface area is 132 Å². The van der Waals surface area contributed by atoms with Gasteiger partial charge in [0.05, 0.1) is 12.2 Å². The van der Waals surface area contributed by atoms with Crippen LogP contribution in [-0.2, 0) is 15.9 Å². The van der Waals surface area contributed by atoms with Gasteiger partial charge in [0.25, 0.3) is 0 Å². The van der Waals surface area contributed by atoms with Crippen molar-refractivity contribution in [2.75, 3.05) is 32.9 Å². The monoisotopic (exact) mass is 307 g/mol. The molecule has 22 heavy (non-hydrogen) atoms. The Morgan fingerprint density at radius 2 is 2.09 bits per heavy atom. The van der Waals surface area contributed by atoms with Crippen LogP contribution >= 0.6 is 0 Å². The molecule has 2 saturated heterocycles. The lowest BCUT2D eigenvalue weighted by molar-refractivity contribution is -0.159. The lowest BCUT2D eigenvalue weighted by Crippen LogP contribution is -2.56. The molecule has 0 saturated carbocycles. The van der Waals surface area contributed by atoms with Gasteiger partial charge in [-0.15, -0.1) is 0 Å². The van der Waals surface area contributed by atoms with Crippen LogP contribution < -0.4 is 0 Å². The highest BCUT2D eigenvalue weighted by Gasteiger charge is 2.39. The maximum Gasteiger partial charge on any atom is 0.123 e. The fraction of sp³-hybridized carbons (Fsp3) is 0.667. The Bertz CT molecular complexity index is 482. The zero-order valence-electron chi connectivity index (χ0n) is 13.4. The number of hydrogen-bond donors (Lipinski definition) is 0. The third kappa shape index (κ3) is 3.86. The number of nitrogens with zero attached hydrogens (tertiary/aromatic N) is 1. The van der Waals surface area contributed by atoms with E-state index >= 15 is 0 Å². The number of ether oxygens (including phenoxy) is 2. The third-order valence-electron chi connectivity index (χ3n) is 5.05. The van der Waals surface area contributed by atoms with Crippen molar-refractivity contribution in [1.82, 2.24) is 4.90 Å². The highest BCUT2D eigenvalue weighted by atomic mass is 19.1. The lowest BCUT2D eigenvalue weighted by atomic mass is 9.91. The van der Waals surface area contributed by atoms with Crippen LogP contribution in [0.3, 0.4) is 0 Å². The smallest absolute Gasteiger partial charge is 0.123 e. The Kier molecular flexibility index (Phi) is 5.11. The quantitative estimate of drug-likeness (QED) is 0.853. The number of hydrogen-bond acceptors (Lipinski definition) is 3. The first kappa shape index (κ1) is 15.9. The molecule has 2 aliphatic heterocycles. The number of rotatable bonds is 4. The molecule has 2 aliphatic rings. The Morgan fingerprint density at radius 3 is 2.86 bits per heavy atom. The molecule has 0 aliphatic carbocycles. The van der Waals surface area contributed by atoms with Gasteiger partial charge in [0.2, 0.25) is 0 Å². The largest absolute Gasteiger partial charge is 0.381 e. The lowest BCUT2D eigenvalue weighted by Gasteiger charge is -2.46. The molecule has 0 bridgehead atoms. The first-order chi connectivity index (χ1) is 10.7. The van der Waals surface area contributed by atoms with Crippen LogP contribution in [0.1, 0.15) is 31.7 Å². The Morgan fingerprint density at radius 1 is 1.27 bits per heavy atom. The molecule has 3 rings (SSSR count). The van der Waals surface area contributed by atoms with Gasteiger partial charge in [0.1, 0.15) is 5.82 Å². The topological polar surface area (TPSA) is 21.7 Å². The minimum atomic E-state index is -0.141. The molecule has 2 heterocycles. The zero-order valence-corrected chi connectivity index (χ0v) is 13.4. The van der Waals surface area contributed by atoms with Crippen molar-refractivity contribution < 1.29 is 13.9 Å². The van der Waals surface area contributed by atoms with E-state index in [2.05, 4.69) is 11.8 Å². The van der Waals surface area contributed by atoms with Crippen molar-refractivity contribution >= 4 is 0 Å². The van der Waals surface area contributed by atoms with Crippen LogP contribution in [0.2, 0.25) is 0 Å². The molecule has 1 aromatic rings. The standard InChI is InChI=1S/C18H26FNO2/c1-15(5-6-16-3-2-4-17(19)13-16)20-9-12-22-18(14-20)7-10-21-11-8-18/h2-4,13,15H,5-12,14H2,1H3/t15-/m1/s1. The highest BCUT2D eigenvalue weighted by molar-refractivity contribution is 5.16. The summed E-state index contributed by atoms with van der Waals surface area (Å²) in [5.41, 5.74) is 1.09. The molecule has 122 valence electrons. The SMILES string of the molecule is C[C@H](CCc1cccc(F)c1)N1CCOC2(CCOCC2)C1. The Balaban J connectivity index is 1.54. The molecule has 0 N–H and O–H groups in total. The maximum atomic E-state index is 13.2. The van der Waals surface area contributed by atoms with Gasteiger partial charge >= 0.3 is 0 Å². The van der Waals surface area contributed by atoms with Crippen LogP contribution in [-0.4, -0.2) is 49.5 Å². The summed E-state index contributed by atoms with van der Waals surface area (Å²) < 4.78 is 24.8. The number of morpholine rings is 1. The fourth-order valence-corrected chi connectivity index (χ4v) is 3.55. The first-order valence-corrected chi connectivity index (χ1v) is 8.37. The molecule has 1 atom stereocenters. The first-order valence-electron chi connectivity index (χ1n) is 8.37. The predicted octanol–water partition coefficient (Wildman–Crippen LogP) is 3.03. The van der Waals surface area contributed by atoms with E-state index in [9.17, 15) is 4.39 Å². The summed E-state index contributed by atoms with van der Waals surface area (Å²) in [5.74, 6) is -0.141. The normalized spacial score (nSPS) is 23.5. The van der Waals surface area contributed by atoms with Crippen molar-refractivity contribution in [1.29, 1.82) is 0 Å². The second kappa shape index (κ2) is 7.07. The molecule has 0 unspecified atom stereocenters. The van der Waals surface area contributed by atoms with Crippen LogP contribution in [0, 0.1) is 5.82 Å². The number of aryl methyl sites for hydroxylation is 1. The zero-order chi connectivity index (χ0) is 15.4. The van der Waals surface area contributed by atoms with Gasteiger partial charge in [-0.1, -0.05) is 12.1 Å². The van der Waals surface area contributed by atoms with Crippen LogP contribution in [0.4, 0.5) is 4.39 Å². The van der Waals surface area contributed by atoms with Gasteiger partial charge in [-0.2, -0.15) is 0 Å². The van der Waals surface area contributed by atoms with Gasteiger partial charge in [-0.3, -0.25) is 4.90 Å². The van der Waals surface area contributed by atoms with Crippen molar-refractivity contribution in [2.45, 2.75) is 44.2 Å². The van der Waals surface area contributed by atoms with E-state index in [1.54, 1.807) is 12.1 Å². The van der Waals surface area contributed by atoms with Crippen LogP contribution in [0.25, 0.3) is 0 Å². The summed E-state index contributed by atoms with van der Waals surface area (Å²) >= 11 is 0. The molecule has 0 amide bonds. The summed E-state index contributed by atoms with van der Waals surface area (Å²) in [6, 6.07) is 7.44. The van der Waals surface area contributed by atoms with E-state index in [1.165, 1.54) is 6.07 Å². The van der Waals surface area contributed by atoms with Gasteiger partial charge in [-0.05, 0) is 37.5 Å². The summed E-state index contributed by atoms with van der Waals surface area (Å²) in [5, 5.41) is 0. The molecule has 1 spiro atoms. The molecule has 1 aromatic carbocycles. The van der Waals surface area contributed by atoms with Gasteiger partial charge in [0.15, 0.2) is 0 Å². The second-order valence-corrected chi connectivity index (χ2v) is 6.63. The van der Waals surface area contributed by atoms with Gasteiger partial charge < -0.3 is 9.47 Å². The Hall–Kier alpha value is -0.970. The minimum Gasteiger partial charge on any atom is -0.381 e. The minimum absolute atomic E-state index is 0.00359. The fourth-order valence-electron chi connectivity index (χ4n) is 3.55. The van der Waals surface area contributed by atoms with E-state index in [4.69, 9.17) is 9.47 Å². The van der Waals surface area contributed by atoms with E-state index in [0.29, 0.717) is 6.04 Å². The van der Waals surface area contributed by atoms with Crippen molar-refractivity contribution in [3.8, 4) is 0 Å². The average molecular weight is 307 g/mol. The van der Waals surface area contributed by atoms with Crippen molar-refractivity contribution in [3.63, 3.8) is 0 Å². The van der Waals surface area contributed by atoms with Crippen molar-refractivity contribution in [2.24, 2.45) is 0 Å². The highest BCUT2D eigenvalue weighted by Crippen LogP contribution is 2.30. The van der Waals surface area contributed by atoms with E-state index < -0.39 is 0 Å². The molecule has 3 nitrogen and oxygen atoms in total. The van der Waals surface area contributed by atoms with Crippen LogP contribution in [0.15, 0.2) is 24.3 Å². The maximum absolute atomic E-state index is 13.2.